The summed E-state index contributed by atoms with van der Waals surface area (Å²) >= 11 is 9.32. The lowest BCUT2D eigenvalue weighted by Gasteiger charge is -2.09. The molecule has 6 nitrogen and oxygen atoms in total. The summed E-state index contributed by atoms with van der Waals surface area (Å²) in [7, 11) is 2.88. The van der Waals surface area contributed by atoms with Crippen molar-refractivity contribution in [2.45, 2.75) is 11.7 Å². The van der Waals surface area contributed by atoms with Gasteiger partial charge in [0.15, 0.2) is 5.82 Å². The van der Waals surface area contributed by atoms with Crippen molar-refractivity contribution in [3.05, 3.63) is 27.7 Å². The standard InChI is InChI=1S/C11H10BrCl2N3O3S/c1-20-3-2-17-10(15-16-11(17)21(14,18)19)7-4-8(12)6-9(13)5-7/h4-6H,2-3H2,1H3. The summed E-state index contributed by atoms with van der Waals surface area (Å²) in [5.41, 5.74) is 0.615. The van der Waals surface area contributed by atoms with E-state index in [2.05, 4.69) is 26.1 Å². The van der Waals surface area contributed by atoms with Gasteiger partial charge in [-0.2, -0.15) is 0 Å². The molecular weight excluding hydrogens is 405 g/mol. The maximum Gasteiger partial charge on any atom is 0.296 e. The van der Waals surface area contributed by atoms with Crippen LogP contribution >= 0.6 is 38.2 Å². The lowest BCUT2D eigenvalue weighted by atomic mass is 10.2. The van der Waals surface area contributed by atoms with Gasteiger partial charge in [-0.05, 0) is 18.2 Å². The van der Waals surface area contributed by atoms with E-state index >= 15 is 0 Å². The fourth-order valence-electron chi connectivity index (χ4n) is 1.75. The number of benzene rings is 1. The summed E-state index contributed by atoms with van der Waals surface area (Å²) in [4.78, 5) is 0. The van der Waals surface area contributed by atoms with Gasteiger partial charge < -0.3 is 4.74 Å². The molecule has 114 valence electrons. The molecule has 0 atom stereocenters. The van der Waals surface area contributed by atoms with E-state index in [0.29, 0.717) is 16.4 Å². The van der Waals surface area contributed by atoms with Crippen LogP contribution in [0.3, 0.4) is 0 Å². The van der Waals surface area contributed by atoms with Gasteiger partial charge in [0, 0.05) is 32.9 Å². The minimum Gasteiger partial charge on any atom is -0.383 e. The minimum absolute atomic E-state index is 0.240. The number of ether oxygens (including phenoxy) is 1. The molecule has 0 bridgehead atoms. The highest BCUT2D eigenvalue weighted by Crippen LogP contribution is 2.28. The molecule has 0 saturated heterocycles. The van der Waals surface area contributed by atoms with Gasteiger partial charge in [0.2, 0.25) is 0 Å². The van der Waals surface area contributed by atoms with E-state index in [-0.39, 0.29) is 18.3 Å². The molecule has 1 aromatic heterocycles. The Balaban J connectivity index is 2.60. The summed E-state index contributed by atoms with van der Waals surface area (Å²) in [5.74, 6) is 0.342. The van der Waals surface area contributed by atoms with Crippen molar-refractivity contribution in [2.75, 3.05) is 13.7 Å². The third kappa shape index (κ3) is 3.95. The predicted octanol–water partition coefficient (Wildman–Crippen LogP) is 2.93. The summed E-state index contributed by atoms with van der Waals surface area (Å²) in [6, 6.07) is 5.12. The Bertz CT molecular complexity index is 744. The first kappa shape index (κ1) is 16.7. The quantitative estimate of drug-likeness (QED) is 0.703. The van der Waals surface area contributed by atoms with Crippen LogP contribution in [0.15, 0.2) is 27.8 Å². The zero-order valence-electron chi connectivity index (χ0n) is 10.8. The Morgan fingerprint density at radius 3 is 2.62 bits per heavy atom. The molecule has 1 aromatic carbocycles. The van der Waals surface area contributed by atoms with Crippen molar-refractivity contribution in [3.8, 4) is 11.4 Å². The average Bonchev–Trinajstić information content (AvgIpc) is 2.78. The van der Waals surface area contributed by atoms with Crippen LogP contribution in [0, 0.1) is 0 Å². The first-order valence-corrected chi connectivity index (χ1v) is 9.14. The van der Waals surface area contributed by atoms with E-state index < -0.39 is 9.05 Å². The van der Waals surface area contributed by atoms with Crippen molar-refractivity contribution in [3.63, 3.8) is 0 Å². The van der Waals surface area contributed by atoms with Crippen molar-refractivity contribution < 1.29 is 13.2 Å². The van der Waals surface area contributed by atoms with Gasteiger partial charge in [0.25, 0.3) is 14.2 Å². The highest BCUT2D eigenvalue weighted by atomic mass is 79.9. The molecule has 2 aromatic rings. The molecule has 0 spiro atoms. The zero-order valence-corrected chi connectivity index (χ0v) is 14.7. The molecule has 0 saturated carbocycles. The molecule has 0 aliphatic carbocycles. The molecule has 0 fully saturated rings. The lowest BCUT2D eigenvalue weighted by molar-refractivity contribution is 0.185. The highest BCUT2D eigenvalue weighted by Gasteiger charge is 2.23. The zero-order chi connectivity index (χ0) is 15.6. The van der Waals surface area contributed by atoms with Gasteiger partial charge in [-0.15, -0.1) is 10.2 Å². The third-order valence-electron chi connectivity index (χ3n) is 2.57. The van der Waals surface area contributed by atoms with Crippen LogP contribution in [-0.2, 0) is 20.3 Å². The average molecular weight is 415 g/mol. The van der Waals surface area contributed by atoms with E-state index in [1.807, 2.05) is 0 Å². The van der Waals surface area contributed by atoms with E-state index in [1.54, 1.807) is 18.2 Å². The summed E-state index contributed by atoms with van der Waals surface area (Å²) in [6.45, 7) is 0.524. The van der Waals surface area contributed by atoms with Gasteiger partial charge >= 0.3 is 0 Å². The van der Waals surface area contributed by atoms with Crippen LogP contribution in [0.4, 0.5) is 0 Å². The molecule has 21 heavy (non-hydrogen) atoms. The number of hydrogen-bond acceptors (Lipinski definition) is 5. The fraction of sp³-hybridized carbons (Fsp3) is 0.273. The molecule has 1 heterocycles. The van der Waals surface area contributed by atoms with Crippen molar-refractivity contribution >= 4 is 47.3 Å². The SMILES string of the molecule is COCCn1c(-c2cc(Cl)cc(Br)c2)nnc1S(=O)(=O)Cl. The van der Waals surface area contributed by atoms with E-state index in [4.69, 9.17) is 27.0 Å². The molecule has 0 radical (unpaired) electrons. The Labute approximate surface area is 139 Å². The number of rotatable bonds is 5. The maximum atomic E-state index is 11.6. The summed E-state index contributed by atoms with van der Waals surface area (Å²) < 4.78 is 30.2. The van der Waals surface area contributed by atoms with E-state index in [0.717, 1.165) is 4.47 Å². The third-order valence-corrected chi connectivity index (χ3v) is 4.40. The number of aromatic nitrogens is 3. The fourth-order valence-corrected chi connectivity index (χ4v) is 3.53. The van der Waals surface area contributed by atoms with Crippen molar-refractivity contribution in [1.82, 2.24) is 14.8 Å². The molecule has 0 N–H and O–H groups in total. The first-order valence-electron chi connectivity index (χ1n) is 5.66. The molecule has 0 amide bonds. The van der Waals surface area contributed by atoms with Crippen LogP contribution in [0.25, 0.3) is 11.4 Å². The molecule has 2 rings (SSSR count). The van der Waals surface area contributed by atoms with Crippen LogP contribution < -0.4 is 0 Å². The Hall–Kier alpha value is -0.670. The maximum absolute atomic E-state index is 11.6. The smallest absolute Gasteiger partial charge is 0.296 e. The summed E-state index contributed by atoms with van der Waals surface area (Å²) in [6.07, 6.45) is 0. The van der Waals surface area contributed by atoms with Gasteiger partial charge in [-0.1, -0.05) is 27.5 Å². The van der Waals surface area contributed by atoms with Gasteiger partial charge in [-0.3, -0.25) is 4.57 Å². The number of halogens is 3. The van der Waals surface area contributed by atoms with Crippen LogP contribution in [0.2, 0.25) is 5.02 Å². The van der Waals surface area contributed by atoms with E-state index in [9.17, 15) is 8.42 Å². The van der Waals surface area contributed by atoms with Crippen LogP contribution in [-0.4, -0.2) is 36.9 Å². The van der Waals surface area contributed by atoms with Gasteiger partial charge in [0.1, 0.15) is 0 Å². The number of nitrogens with zero attached hydrogens (tertiary/aromatic N) is 3. The second kappa shape index (κ2) is 6.62. The van der Waals surface area contributed by atoms with Crippen LogP contribution in [0.5, 0.6) is 0 Å². The highest BCUT2D eigenvalue weighted by molar-refractivity contribution is 9.10. The first-order chi connectivity index (χ1) is 9.82. The molecule has 0 unspecified atom stereocenters. The number of methoxy groups -OCH3 is 1. The van der Waals surface area contributed by atoms with Crippen molar-refractivity contribution in [1.29, 1.82) is 0 Å². The second-order valence-electron chi connectivity index (χ2n) is 4.05. The molecule has 0 aliphatic heterocycles. The number of hydrogen-bond donors (Lipinski definition) is 0. The molecular formula is C11H10BrCl2N3O3S. The Morgan fingerprint density at radius 2 is 2.05 bits per heavy atom. The Kier molecular flexibility index (Phi) is 5.26. The second-order valence-corrected chi connectivity index (χ2v) is 7.86. The van der Waals surface area contributed by atoms with Crippen molar-refractivity contribution in [2.24, 2.45) is 0 Å². The van der Waals surface area contributed by atoms with E-state index in [1.165, 1.54) is 11.7 Å². The van der Waals surface area contributed by atoms with Gasteiger partial charge in [-0.25, -0.2) is 8.42 Å². The molecule has 10 heteroatoms. The normalized spacial score (nSPS) is 11.8. The minimum atomic E-state index is -4.01. The topological polar surface area (TPSA) is 74.1 Å². The monoisotopic (exact) mass is 413 g/mol. The van der Waals surface area contributed by atoms with Crippen LogP contribution in [0.1, 0.15) is 0 Å². The van der Waals surface area contributed by atoms with Gasteiger partial charge in [0.05, 0.1) is 13.2 Å². The molecule has 0 aliphatic rings. The lowest BCUT2D eigenvalue weighted by Crippen LogP contribution is -2.11. The largest absolute Gasteiger partial charge is 0.383 e. The summed E-state index contributed by atoms with van der Waals surface area (Å²) in [5, 5.41) is 7.71. The predicted molar refractivity (Wildman–Crippen MR) is 83.1 cm³/mol. The Morgan fingerprint density at radius 1 is 1.33 bits per heavy atom.